The second-order valence-corrected chi connectivity index (χ2v) is 4.75. The number of esters is 1. The van der Waals surface area contributed by atoms with Crippen LogP contribution in [0.2, 0.25) is 0 Å². The van der Waals surface area contributed by atoms with Gasteiger partial charge in [-0.15, -0.1) is 0 Å². The Bertz CT molecular complexity index is 461. The summed E-state index contributed by atoms with van der Waals surface area (Å²) in [6.45, 7) is 4.14. The zero-order chi connectivity index (χ0) is 13.7. The zero-order valence-electron chi connectivity index (χ0n) is 10.7. The largest absolute Gasteiger partial charge is 0.465 e. The molecule has 0 amide bonds. The van der Waals surface area contributed by atoms with Crippen molar-refractivity contribution >= 4 is 22.9 Å². The molecule has 0 fully saturated rings. The smallest absolute Gasteiger partial charge is 0.340 e. The van der Waals surface area contributed by atoms with Gasteiger partial charge in [0.25, 0.3) is 11.3 Å². The number of anilines is 1. The second-order valence-electron chi connectivity index (χ2n) is 3.85. The topological polar surface area (TPSA) is 66.8 Å². The molecule has 0 aliphatic carbocycles. The van der Waals surface area contributed by atoms with Crippen molar-refractivity contribution in [3.8, 4) is 0 Å². The van der Waals surface area contributed by atoms with E-state index in [1.807, 2.05) is 13.8 Å². The summed E-state index contributed by atoms with van der Waals surface area (Å²) in [7, 11) is 1.28. The van der Waals surface area contributed by atoms with Crippen LogP contribution in [0.3, 0.4) is 0 Å². The molecule has 0 saturated heterocycles. The quantitative estimate of drug-likeness (QED) is 0.658. The first-order valence-corrected chi connectivity index (χ1v) is 6.65. The number of benzene rings is 1. The second kappa shape index (κ2) is 6.51. The Morgan fingerprint density at radius 2 is 2.17 bits per heavy atom. The monoisotopic (exact) mass is 271 g/mol. The maximum Gasteiger partial charge on any atom is 0.340 e. The maximum atomic E-state index is 11.6. The van der Waals surface area contributed by atoms with Gasteiger partial charge in [0.15, 0.2) is 0 Å². The molecule has 1 aromatic rings. The lowest BCUT2D eigenvalue weighted by Crippen LogP contribution is -2.28. The van der Waals surface area contributed by atoms with E-state index in [-0.39, 0.29) is 0 Å². The van der Waals surface area contributed by atoms with Gasteiger partial charge in [-0.2, -0.15) is 0 Å². The van der Waals surface area contributed by atoms with Crippen molar-refractivity contribution in [3.05, 3.63) is 29.3 Å². The Labute approximate surface area is 109 Å². The SMILES string of the molecule is CCCN(c1cc(C)ccc1C(=O)OC)S(=O)O. The Balaban J connectivity index is 3.29. The molecule has 18 heavy (non-hydrogen) atoms. The van der Waals surface area contributed by atoms with E-state index in [2.05, 4.69) is 4.74 Å². The Morgan fingerprint density at radius 1 is 1.50 bits per heavy atom. The van der Waals surface area contributed by atoms with Gasteiger partial charge < -0.3 is 4.74 Å². The molecule has 6 heteroatoms. The molecule has 1 rings (SSSR count). The Hall–Kier alpha value is -1.40. The number of rotatable bonds is 5. The van der Waals surface area contributed by atoms with E-state index >= 15 is 0 Å². The molecule has 0 aliphatic rings. The third-order valence-electron chi connectivity index (χ3n) is 2.44. The molecule has 0 radical (unpaired) electrons. The minimum atomic E-state index is -2.17. The lowest BCUT2D eigenvalue weighted by atomic mass is 10.1. The lowest BCUT2D eigenvalue weighted by molar-refractivity contribution is 0.0601. The van der Waals surface area contributed by atoms with E-state index in [4.69, 9.17) is 0 Å². The molecule has 0 aliphatic heterocycles. The van der Waals surface area contributed by atoms with Gasteiger partial charge in [-0.3, -0.25) is 8.86 Å². The van der Waals surface area contributed by atoms with E-state index in [0.717, 1.165) is 5.56 Å². The molecule has 1 unspecified atom stereocenters. The molecular weight excluding hydrogens is 254 g/mol. The molecule has 1 aromatic carbocycles. The van der Waals surface area contributed by atoms with E-state index in [9.17, 15) is 13.6 Å². The first kappa shape index (κ1) is 14.7. The Morgan fingerprint density at radius 3 is 2.67 bits per heavy atom. The van der Waals surface area contributed by atoms with Gasteiger partial charge in [0.1, 0.15) is 0 Å². The number of methoxy groups -OCH3 is 1. The van der Waals surface area contributed by atoms with E-state index in [0.29, 0.717) is 24.2 Å². The highest BCUT2D eigenvalue weighted by Crippen LogP contribution is 2.24. The maximum absolute atomic E-state index is 11.6. The van der Waals surface area contributed by atoms with Gasteiger partial charge >= 0.3 is 5.97 Å². The summed E-state index contributed by atoms with van der Waals surface area (Å²) in [5.74, 6) is -0.517. The third kappa shape index (κ3) is 3.30. The standard InChI is InChI=1S/C12H17NO4S/c1-4-7-13(18(15)16)11-8-9(2)5-6-10(11)12(14)17-3/h5-6,8H,4,7H2,1-3H3,(H,15,16). The molecule has 5 nitrogen and oxygen atoms in total. The van der Waals surface area contributed by atoms with Crippen LogP contribution in [0.15, 0.2) is 18.2 Å². The van der Waals surface area contributed by atoms with Gasteiger partial charge in [0.2, 0.25) is 0 Å². The summed E-state index contributed by atoms with van der Waals surface area (Å²) in [5, 5.41) is 0. The van der Waals surface area contributed by atoms with Crippen molar-refractivity contribution in [1.82, 2.24) is 0 Å². The van der Waals surface area contributed by atoms with Crippen molar-refractivity contribution in [2.24, 2.45) is 0 Å². The summed E-state index contributed by atoms with van der Waals surface area (Å²) in [5.41, 5.74) is 1.62. The normalized spacial score (nSPS) is 12.0. The van der Waals surface area contributed by atoms with Crippen LogP contribution in [0.4, 0.5) is 5.69 Å². The van der Waals surface area contributed by atoms with Crippen molar-refractivity contribution in [2.45, 2.75) is 20.3 Å². The van der Waals surface area contributed by atoms with E-state index in [1.54, 1.807) is 18.2 Å². The van der Waals surface area contributed by atoms with Crippen molar-refractivity contribution in [1.29, 1.82) is 0 Å². The van der Waals surface area contributed by atoms with Gasteiger partial charge in [0.05, 0.1) is 18.4 Å². The fraction of sp³-hybridized carbons (Fsp3) is 0.417. The van der Waals surface area contributed by atoms with Crippen LogP contribution in [-0.2, 0) is 16.0 Å². The van der Waals surface area contributed by atoms with Crippen LogP contribution in [0, 0.1) is 6.92 Å². The van der Waals surface area contributed by atoms with Gasteiger partial charge in [-0.1, -0.05) is 13.0 Å². The summed E-state index contributed by atoms with van der Waals surface area (Å²) < 4.78 is 26.6. The number of aryl methyl sites for hydroxylation is 1. The highest BCUT2D eigenvalue weighted by molar-refractivity contribution is 7.80. The number of ether oxygens (including phenoxy) is 1. The first-order valence-electron chi connectivity index (χ1n) is 5.58. The van der Waals surface area contributed by atoms with Crippen molar-refractivity contribution < 1.29 is 18.3 Å². The van der Waals surface area contributed by atoms with Crippen LogP contribution in [0.5, 0.6) is 0 Å². The van der Waals surface area contributed by atoms with Gasteiger partial charge in [-0.25, -0.2) is 9.00 Å². The molecular formula is C12H17NO4S. The van der Waals surface area contributed by atoms with Crippen LogP contribution >= 0.6 is 0 Å². The average Bonchev–Trinajstić information content (AvgIpc) is 2.34. The van der Waals surface area contributed by atoms with Crippen molar-refractivity contribution in [3.63, 3.8) is 0 Å². The van der Waals surface area contributed by atoms with Crippen LogP contribution < -0.4 is 4.31 Å². The van der Waals surface area contributed by atoms with Gasteiger partial charge in [-0.05, 0) is 31.0 Å². The highest BCUT2D eigenvalue weighted by atomic mass is 32.2. The van der Waals surface area contributed by atoms with Crippen LogP contribution in [0.1, 0.15) is 29.3 Å². The molecule has 0 bridgehead atoms. The van der Waals surface area contributed by atoms with E-state index < -0.39 is 17.2 Å². The first-order chi connectivity index (χ1) is 8.51. The molecule has 0 heterocycles. The number of carbonyl (C=O) groups excluding carboxylic acids is 1. The van der Waals surface area contributed by atoms with Gasteiger partial charge in [0, 0.05) is 6.54 Å². The fourth-order valence-corrected chi connectivity index (χ4v) is 2.27. The minimum Gasteiger partial charge on any atom is -0.465 e. The minimum absolute atomic E-state index is 0.291. The average molecular weight is 271 g/mol. The fourth-order valence-electron chi connectivity index (χ4n) is 1.62. The predicted molar refractivity (Wildman–Crippen MR) is 70.9 cm³/mol. The summed E-state index contributed by atoms with van der Waals surface area (Å²) >= 11 is -2.17. The number of carbonyl (C=O) groups is 1. The zero-order valence-corrected chi connectivity index (χ0v) is 11.5. The molecule has 100 valence electrons. The Kier molecular flexibility index (Phi) is 5.30. The number of nitrogens with zero attached hydrogens (tertiary/aromatic N) is 1. The molecule has 0 spiro atoms. The summed E-state index contributed by atoms with van der Waals surface area (Å²) in [4.78, 5) is 11.6. The molecule has 1 atom stereocenters. The van der Waals surface area contributed by atoms with Crippen molar-refractivity contribution in [2.75, 3.05) is 18.0 Å². The van der Waals surface area contributed by atoms with Crippen LogP contribution in [0.25, 0.3) is 0 Å². The third-order valence-corrected chi connectivity index (χ3v) is 3.20. The summed E-state index contributed by atoms with van der Waals surface area (Å²) in [6.07, 6.45) is 0.695. The molecule has 0 aromatic heterocycles. The number of hydrogen-bond donors (Lipinski definition) is 1. The van der Waals surface area contributed by atoms with E-state index in [1.165, 1.54) is 11.4 Å². The molecule has 1 N–H and O–H groups in total. The number of hydrogen-bond acceptors (Lipinski definition) is 3. The lowest BCUT2D eigenvalue weighted by Gasteiger charge is -2.21. The predicted octanol–water partition coefficient (Wildman–Crippen LogP) is 2.13. The molecule has 0 saturated carbocycles. The van der Waals surface area contributed by atoms with Crippen LogP contribution in [-0.4, -0.2) is 28.4 Å². The highest BCUT2D eigenvalue weighted by Gasteiger charge is 2.20. The summed E-state index contributed by atoms with van der Waals surface area (Å²) in [6, 6.07) is 5.07.